The van der Waals surface area contributed by atoms with E-state index in [-0.39, 0.29) is 12.6 Å². The van der Waals surface area contributed by atoms with E-state index in [2.05, 4.69) is 25.7 Å². The minimum Gasteiger partial charge on any atom is -0.460 e. The number of hydrogen-bond donors (Lipinski definition) is 0. The molecule has 1 aliphatic heterocycles. The topological polar surface area (TPSA) is 88.6 Å². The van der Waals surface area contributed by atoms with Gasteiger partial charge in [0.25, 0.3) is 5.66 Å². The maximum Gasteiger partial charge on any atom is 0.311 e. The molecule has 19 heavy (non-hydrogen) atoms. The van der Waals surface area contributed by atoms with Crippen LogP contribution in [-0.2, 0) is 15.2 Å². The zero-order valence-corrected chi connectivity index (χ0v) is 11.1. The Morgan fingerprint density at radius 3 is 2.32 bits per heavy atom. The third kappa shape index (κ3) is 2.81. The van der Waals surface area contributed by atoms with Crippen LogP contribution in [0.5, 0.6) is 0 Å². The van der Waals surface area contributed by atoms with E-state index < -0.39 is 11.1 Å². The average molecular weight is 261 g/mol. The van der Waals surface area contributed by atoms with Crippen LogP contribution >= 0.6 is 0 Å². The number of esters is 1. The third-order valence-corrected chi connectivity index (χ3v) is 2.62. The molecule has 0 fully saturated rings. The van der Waals surface area contributed by atoms with Crippen molar-refractivity contribution in [2.45, 2.75) is 26.4 Å². The number of ether oxygens (including phenoxy) is 1. The van der Waals surface area contributed by atoms with E-state index in [1.807, 2.05) is 0 Å². The molecular weight excluding hydrogens is 246 g/mol. The second-order valence-electron chi connectivity index (χ2n) is 5.26. The van der Waals surface area contributed by atoms with Gasteiger partial charge in [-0.05, 0) is 43.4 Å². The molecular formula is C12H15N5O2. The van der Waals surface area contributed by atoms with E-state index in [4.69, 9.17) is 4.74 Å². The van der Waals surface area contributed by atoms with Gasteiger partial charge in [-0.25, -0.2) is 0 Å². The van der Waals surface area contributed by atoms with Gasteiger partial charge in [0.1, 0.15) is 6.61 Å². The monoisotopic (exact) mass is 261 g/mol. The molecule has 0 spiro atoms. The summed E-state index contributed by atoms with van der Waals surface area (Å²) in [6, 6.07) is 3.49. The highest BCUT2D eigenvalue weighted by Crippen LogP contribution is 2.33. The first kappa shape index (κ1) is 13.3. The van der Waals surface area contributed by atoms with Crippen LogP contribution in [0.15, 0.2) is 45.2 Å². The fourth-order valence-electron chi connectivity index (χ4n) is 1.47. The molecule has 0 aromatic carbocycles. The van der Waals surface area contributed by atoms with Gasteiger partial charge in [-0.3, -0.25) is 9.78 Å². The van der Waals surface area contributed by atoms with Gasteiger partial charge in [0, 0.05) is 18.0 Å². The Labute approximate surface area is 110 Å². The Morgan fingerprint density at radius 1 is 1.21 bits per heavy atom. The van der Waals surface area contributed by atoms with E-state index in [0.29, 0.717) is 0 Å². The van der Waals surface area contributed by atoms with Crippen molar-refractivity contribution in [2.24, 2.45) is 26.1 Å². The van der Waals surface area contributed by atoms with Crippen LogP contribution in [0.3, 0.4) is 0 Å². The maximum atomic E-state index is 11.8. The molecule has 0 saturated heterocycles. The number of aromatic nitrogens is 1. The smallest absolute Gasteiger partial charge is 0.311 e. The van der Waals surface area contributed by atoms with Crippen molar-refractivity contribution in [3.63, 3.8) is 0 Å². The zero-order chi connectivity index (χ0) is 13.9. The second kappa shape index (κ2) is 4.83. The van der Waals surface area contributed by atoms with Gasteiger partial charge in [-0.2, -0.15) is 0 Å². The summed E-state index contributed by atoms with van der Waals surface area (Å²) in [7, 11) is 0. The van der Waals surface area contributed by atoms with Crippen LogP contribution in [0.25, 0.3) is 0 Å². The van der Waals surface area contributed by atoms with E-state index in [1.54, 1.807) is 45.3 Å². The summed E-state index contributed by atoms with van der Waals surface area (Å²) in [6.07, 6.45) is 3.23. The molecule has 100 valence electrons. The molecule has 7 heteroatoms. The largest absolute Gasteiger partial charge is 0.460 e. The Kier molecular flexibility index (Phi) is 3.37. The molecule has 2 rings (SSSR count). The Hall–Kier alpha value is -2.18. The molecule has 0 radical (unpaired) electrons. The molecule has 2 heterocycles. The van der Waals surface area contributed by atoms with Crippen molar-refractivity contribution in [3.8, 4) is 0 Å². The average Bonchev–Trinajstić information content (AvgIpc) is 2.86. The van der Waals surface area contributed by atoms with Gasteiger partial charge < -0.3 is 4.74 Å². The van der Waals surface area contributed by atoms with Crippen LogP contribution in [0, 0.1) is 5.41 Å². The molecule has 0 atom stereocenters. The maximum absolute atomic E-state index is 11.8. The first-order valence-corrected chi connectivity index (χ1v) is 5.86. The van der Waals surface area contributed by atoms with Crippen LogP contribution in [-0.4, -0.2) is 17.6 Å². The molecule has 0 aliphatic carbocycles. The summed E-state index contributed by atoms with van der Waals surface area (Å²) in [5.74, 6) is -0.321. The number of hydrogen-bond acceptors (Lipinski definition) is 7. The van der Waals surface area contributed by atoms with Gasteiger partial charge in [0.05, 0.1) is 5.41 Å². The van der Waals surface area contributed by atoms with Crippen molar-refractivity contribution in [1.29, 1.82) is 0 Å². The Balaban J connectivity index is 2.17. The molecule has 0 bridgehead atoms. The van der Waals surface area contributed by atoms with Crippen LogP contribution in [0.2, 0.25) is 0 Å². The van der Waals surface area contributed by atoms with E-state index in [0.717, 1.165) is 5.56 Å². The van der Waals surface area contributed by atoms with Crippen LogP contribution < -0.4 is 0 Å². The van der Waals surface area contributed by atoms with Gasteiger partial charge in [-0.15, -0.1) is 10.2 Å². The fourth-order valence-corrected chi connectivity index (χ4v) is 1.47. The first-order chi connectivity index (χ1) is 8.94. The number of pyridine rings is 1. The van der Waals surface area contributed by atoms with Crippen molar-refractivity contribution in [1.82, 2.24) is 4.98 Å². The molecule has 0 unspecified atom stereocenters. The number of nitrogens with zero attached hydrogens (tertiary/aromatic N) is 5. The first-order valence-electron chi connectivity index (χ1n) is 5.86. The minimum atomic E-state index is -1.08. The van der Waals surface area contributed by atoms with Gasteiger partial charge in [0.2, 0.25) is 0 Å². The highest BCUT2D eigenvalue weighted by molar-refractivity contribution is 5.75. The van der Waals surface area contributed by atoms with E-state index in [9.17, 15) is 4.79 Å². The SMILES string of the molecule is CC(C)(C)C(=O)OCC1(c2ccncc2)N=NN=N1. The van der Waals surface area contributed by atoms with Crippen molar-refractivity contribution < 1.29 is 9.53 Å². The summed E-state index contributed by atoms with van der Waals surface area (Å²) >= 11 is 0. The number of carbonyl (C=O) groups is 1. The summed E-state index contributed by atoms with van der Waals surface area (Å²) in [4.78, 5) is 15.7. The highest BCUT2D eigenvalue weighted by atomic mass is 16.5. The van der Waals surface area contributed by atoms with Gasteiger partial charge in [-0.1, -0.05) is 0 Å². The number of carbonyl (C=O) groups excluding carboxylic acids is 1. The summed E-state index contributed by atoms with van der Waals surface area (Å²) < 4.78 is 5.28. The van der Waals surface area contributed by atoms with E-state index in [1.165, 1.54) is 0 Å². The molecule has 1 aromatic rings. The molecule has 0 saturated carbocycles. The number of rotatable bonds is 3. The lowest BCUT2D eigenvalue weighted by Crippen LogP contribution is -2.31. The summed E-state index contributed by atoms with van der Waals surface area (Å²) in [5, 5.41) is 15.0. The van der Waals surface area contributed by atoms with E-state index >= 15 is 0 Å². The highest BCUT2D eigenvalue weighted by Gasteiger charge is 2.38. The van der Waals surface area contributed by atoms with Gasteiger partial charge in [0.15, 0.2) is 0 Å². The van der Waals surface area contributed by atoms with Crippen molar-refractivity contribution >= 4 is 5.97 Å². The lowest BCUT2D eigenvalue weighted by molar-refractivity contribution is -0.154. The van der Waals surface area contributed by atoms with Crippen molar-refractivity contribution in [3.05, 3.63) is 30.1 Å². The predicted molar refractivity (Wildman–Crippen MR) is 66.0 cm³/mol. The lowest BCUT2D eigenvalue weighted by Gasteiger charge is -2.23. The summed E-state index contributed by atoms with van der Waals surface area (Å²) in [6.45, 7) is 5.32. The molecule has 0 amide bonds. The summed E-state index contributed by atoms with van der Waals surface area (Å²) in [5.41, 5.74) is -0.926. The van der Waals surface area contributed by atoms with Gasteiger partial charge >= 0.3 is 5.97 Å². The molecule has 1 aliphatic rings. The quantitative estimate of drug-likeness (QED) is 0.783. The Morgan fingerprint density at radius 2 is 1.79 bits per heavy atom. The molecule has 7 nitrogen and oxygen atoms in total. The second-order valence-corrected chi connectivity index (χ2v) is 5.26. The third-order valence-electron chi connectivity index (χ3n) is 2.62. The molecule has 1 aromatic heterocycles. The molecule has 0 N–H and O–H groups in total. The van der Waals surface area contributed by atoms with Crippen LogP contribution in [0.1, 0.15) is 26.3 Å². The zero-order valence-electron chi connectivity index (χ0n) is 11.1. The Bertz CT molecular complexity index is 507. The fraction of sp³-hybridized carbons (Fsp3) is 0.500. The predicted octanol–water partition coefficient (Wildman–Crippen LogP) is 2.66. The van der Waals surface area contributed by atoms with Crippen molar-refractivity contribution in [2.75, 3.05) is 6.61 Å². The normalized spacial score (nSPS) is 16.6. The standard InChI is InChI=1S/C12H15N5O2/c1-11(2,3)10(18)19-8-12(14-16-17-15-12)9-4-6-13-7-5-9/h4-7H,8H2,1-3H3. The lowest BCUT2D eigenvalue weighted by atomic mass is 9.97. The minimum absolute atomic E-state index is 0.0277. The van der Waals surface area contributed by atoms with Crippen LogP contribution in [0.4, 0.5) is 0 Å².